The lowest BCUT2D eigenvalue weighted by atomic mass is 10.1. The van der Waals surface area contributed by atoms with Crippen LogP contribution < -0.4 is 0 Å². The molecule has 5 nitrogen and oxygen atoms in total. The Balaban J connectivity index is 2.05. The maximum Gasteiger partial charge on any atom is 0.410 e. The van der Waals surface area contributed by atoms with E-state index >= 15 is 0 Å². The summed E-state index contributed by atoms with van der Waals surface area (Å²) in [5.74, 6) is -1.11. The molecule has 2 aromatic carbocycles. The van der Waals surface area contributed by atoms with Gasteiger partial charge >= 0.3 is 12.1 Å². The first-order valence-corrected chi connectivity index (χ1v) is 6.81. The standard InChI is InChI=1S/C17H17NO4/c1-18(15(16(19)20)14-10-6-3-7-11-14)17(21)22-12-13-8-4-2-5-9-13/h2-11,15H,12H2,1H3,(H,19,20)/t15-/m1/s1. The van der Waals surface area contributed by atoms with E-state index in [1.807, 2.05) is 30.3 Å². The number of carboxylic acids is 1. The van der Waals surface area contributed by atoms with Gasteiger partial charge in [0.25, 0.3) is 0 Å². The minimum Gasteiger partial charge on any atom is -0.479 e. The van der Waals surface area contributed by atoms with Crippen molar-refractivity contribution in [1.82, 2.24) is 4.90 Å². The van der Waals surface area contributed by atoms with Crippen molar-refractivity contribution in [2.24, 2.45) is 0 Å². The molecule has 5 heteroatoms. The summed E-state index contributed by atoms with van der Waals surface area (Å²) in [4.78, 5) is 24.6. The van der Waals surface area contributed by atoms with Gasteiger partial charge in [0.2, 0.25) is 0 Å². The van der Waals surface area contributed by atoms with Crippen molar-refractivity contribution in [2.45, 2.75) is 12.6 Å². The molecule has 0 radical (unpaired) electrons. The van der Waals surface area contributed by atoms with Crippen LogP contribution in [0.5, 0.6) is 0 Å². The highest BCUT2D eigenvalue weighted by Gasteiger charge is 2.29. The Bertz CT molecular complexity index is 628. The van der Waals surface area contributed by atoms with E-state index < -0.39 is 18.1 Å². The van der Waals surface area contributed by atoms with Crippen LogP contribution in [0.25, 0.3) is 0 Å². The van der Waals surface area contributed by atoms with Crippen LogP contribution in [0.1, 0.15) is 17.2 Å². The molecule has 0 aliphatic carbocycles. The first-order chi connectivity index (χ1) is 10.6. The van der Waals surface area contributed by atoms with Crippen LogP contribution in [0.3, 0.4) is 0 Å². The Hall–Kier alpha value is -2.82. The number of rotatable bonds is 5. The minimum atomic E-state index is -1.11. The molecule has 0 aliphatic rings. The molecule has 114 valence electrons. The van der Waals surface area contributed by atoms with Crippen LogP contribution >= 0.6 is 0 Å². The Labute approximate surface area is 128 Å². The van der Waals surface area contributed by atoms with Crippen LogP contribution in [0.15, 0.2) is 60.7 Å². The molecule has 0 aromatic heterocycles. The van der Waals surface area contributed by atoms with Gasteiger partial charge in [-0.3, -0.25) is 4.90 Å². The van der Waals surface area contributed by atoms with E-state index in [0.29, 0.717) is 5.56 Å². The van der Waals surface area contributed by atoms with E-state index in [4.69, 9.17) is 4.74 Å². The average Bonchev–Trinajstić information content (AvgIpc) is 2.54. The first-order valence-electron chi connectivity index (χ1n) is 6.81. The number of hydrogen-bond donors (Lipinski definition) is 1. The SMILES string of the molecule is CN(C(=O)OCc1ccccc1)[C@@H](C(=O)O)c1ccccc1. The lowest BCUT2D eigenvalue weighted by Crippen LogP contribution is -2.36. The number of carbonyl (C=O) groups is 2. The van der Waals surface area contributed by atoms with Gasteiger partial charge in [-0.25, -0.2) is 9.59 Å². The van der Waals surface area contributed by atoms with Gasteiger partial charge in [-0.2, -0.15) is 0 Å². The summed E-state index contributed by atoms with van der Waals surface area (Å²) in [7, 11) is 1.42. The van der Waals surface area contributed by atoms with Crippen molar-refractivity contribution in [3.8, 4) is 0 Å². The average molecular weight is 299 g/mol. The molecule has 0 fully saturated rings. The number of aliphatic carboxylic acids is 1. The molecule has 2 aromatic rings. The quantitative estimate of drug-likeness (QED) is 0.921. The Morgan fingerprint density at radius 2 is 1.59 bits per heavy atom. The number of benzene rings is 2. The summed E-state index contributed by atoms with van der Waals surface area (Å²) in [5.41, 5.74) is 1.37. The molecule has 0 aliphatic heterocycles. The zero-order valence-corrected chi connectivity index (χ0v) is 12.2. The summed E-state index contributed by atoms with van der Waals surface area (Å²) in [6, 6.07) is 16.7. The fraction of sp³-hybridized carbons (Fsp3) is 0.176. The van der Waals surface area contributed by atoms with Gasteiger partial charge in [-0.05, 0) is 11.1 Å². The van der Waals surface area contributed by atoms with Gasteiger partial charge in [0.1, 0.15) is 6.61 Å². The molecule has 0 heterocycles. The molecule has 0 bridgehead atoms. The van der Waals surface area contributed by atoms with Crippen molar-refractivity contribution in [3.05, 3.63) is 71.8 Å². The minimum absolute atomic E-state index is 0.102. The second-order valence-corrected chi connectivity index (χ2v) is 4.80. The fourth-order valence-electron chi connectivity index (χ4n) is 2.09. The van der Waals surface area contributed by atoms with Crippen LogP contribution in [-0.4, -0.2) is 29.1 Å². The van der Waals surface area contributed by atoms with Crippen molar-refractivity contribution in [1.29, 1.82) is 0 Å². The second kappa shape index (κ2) is 7.26. The van der Waals surface area contributed by atoms with Gasteiger partial charge in [-0.15, -0.1) is 0 Å². The third-order valence-corrected chi connectivity index (χ3v) is 3.23. The Morgan fingerprint density at radius 3 is 2.14 bits per heavy atom. The summed E-state index contributed by atoms with van der Waals surface area (Å²) < 4.78 is 5.17. The molecule has 0 spiro atoms. The van der Waals surface area contributed by atoms with E-state index in [0.717, 1.165) is 10.5 Å². The monoisotopic (exact) mass is 299 g/mol. The number of carbonyl (C=O) groups excluding carboxylic acids is 1. The smallest absolute Gasteiger partial charge is 0.410 e. The molecule has 1 atom stereocenters. The van der Waals surface area contributed by atoms with Crippen LogP contribution in [-0.2, 0) is 16.1 Å². The number of amides is 1. The van der Waals surface area contributed by atoms with Crippen molar-refractivity contribution in [2.75, 3.05) is 7.05 Å². The third kappa shape index (κ3) is 3.85. The van der Waals surface area contributed by atoms with Gasteiger partial charge in [0, 0.05) is 7.05 Å². The fourth-order valence-corrected chi connectivity index (χ4v) is 2.09. The van der Waals surface area contributed by atoms with Gasteiger partial charge < -0.3 is 9.84 Å². The highest BCUT2D eigenvalue weighted by molar-refractivity contribution is 5.81. The third-order valence-electron chi connectivity index (χ3n) is 3.23. The lowest BCUT2D eigenvalue weighted by molar-refractivity contribution is -0.142. The molecular weight excluding hydrogens is 282 g/mol. The van der Waals surface area contributed by atoms with Gasteiger partial charge in [0.15, 0.2) is 6.04 Å². The van der Waals surface area contributed by atoms with E-state index in [-0.39, 0.29) is 6.61 Å². The lowest BCUT2D eigenvalue weighted by Gasteiger charge is -2.24. The highest BCUT2D eigenvalue weighted by atomic mass is 16.6. The van der Waals surface area contributed by atoms with E-state index in [1.165, 1.54) is 7.05 Å². The zero-order valence-electron chi connectivity index (χ0n) is 12.2. The normalized spacial score (nSPS) is 11.5. The van der Waals surface area contributed by atoms with E-state index in [9.17, 15) is 14.7 Å². The molecule has 2 rings (SSSR count). The molecule has 0 unspecified atom stereocenters. The second-order valence-electron chi connectivity index (χ2n) is 4.80. The molecular formula is C17H17NO4. The summed E-state index contributed by atoms with van der Waals surface area (Å²) in [5, 5.41) is 9.38. The number of hydrogen-bond acceptors (Lipinski definition) is 3. The molecule has 0 saturated carbocycles. The predicted molar refractivity (Wildman–Crippen MR) is 81.2 cm³/mol. The predicted octanol–water partition coefficient (Wildman–Crippen LogP) is 3.08. The number of nitrogens with zero attached hydrogens (tertiary/aromatic N) is 1. The maximum atomic E-state index is 12.1. The molecule has 22 heavy (non-hydrogen) atoms. The molecule has 1 amide bonds. The largest absolute Gasteiger partial charge is 0.479 e. The maximum absolute atomic E-state index is 12.1. The Morgan fingerprint density at radius 1 is 1.05 bits per heavy atom. The van der Waals surface area contributed by atoms with Gasteiger partial charge in [-0.1, -0.05) is 60.7 Å². The van der Waals surface area contributed by atoms with E-state index in [1.54, 1.807) is 30.3 Å². The molecule has 1 N–H and O–H groups in total. The van der Waals surface area contributed by atoms with Crippen molar-refractivity contribution < 1.29 is 19.4 Å². The van der Waals surface area contributed by atoms with Crippen molar-refractivity contribution in [3.63, 3.8) is 0 Å². The summed E-state index contributed by atoms with van der Waals surface area (Å²) in [6.45, 7) is 0.102. The van der Waals surface area contributed by atoms with Crippen LogP contribution in [0.2, 0.25) is 0 Å². The number of likely N-dealkylation sites (N-methyl/N-ethyl adjacent to an activating group) is 1. The highest BCUT2D eigenvalue weighted by Crippen LogP contribution is 2.20. The Kier molecular flexibility index (Phi) is 5.14. The van der Waals surface area contributed by atoms with E-state index in [2.05, 4.69) is 0 Å². The zero-order chi connectivity index (χ0) is 15.9. The molecule has 0 saturated heterocycles. The van der Waals surface area contributed by atoms with Crippen LogP contribution in [0.4, 0.5) is 4.79 Å². The number of carboxylic acid groups (broad SMARTS) is 1. The van der Waals surface area contributed by atoms with Crippen molar-refractivity contribution >= 4 is 12.1 Å². The van der Waals surface area contributed by atoms with Crippen LogP contribution in [0, 0.1) is 0 Å². The topological polar surface area (TPSA) is 66.8 Å². The summed E-state index contributed by atoms with van der Waals surface area (Å²) >= 11 is 0. The first kappa shape index (κ1) is 15.6. The summed E-state index contributed by atoms with van der Waals surface area (Å²) in [6.07, 6.45) is -0.680. The number of ether oxygens (including phenoxy) is 1. The van der Waals surface area contributed by atoms with Gasteiger partial charge in [0.05, 0.1) is 0 Å².